The van der Waals surface area contributed by atoms with Gasteiger partial charge in [-0.15, -0.1) is 0 Å². The Labute approximate surface area is 207 Å². The Bertz CT molecular complexity index is 1440. The number of non-ortho nitro benzene ring substituents is 1. The van der Waals surface area contributed by atoms with Crippen LogP contribution in [0.3, 0.4) is 0 Å². The topological polar surface area (TPSA) is 125 Å². The van der Waals surface area contributed by atoms with Gasteiger partial charge in [-0.25, -0.2) is 0 Å². The highest BCUT2D eigenvalue weighted by Gasteiger charge is 2.47. The third-order valence-electron chi connectivity index (χ3n) is 6.14. The number of anilines is 1. The quantitative estimate of drug-likeness (QED) is 0.175. The highest BCUT2D eigenvalue weighted by Crippen LogP contribution is 2.42. The van der Waals surface area contributed by atoms with E-state index in [1.807, 2.05) is 18.2 Å². The summed E-state index contributed by atoms with van der Waals surface area (Å²) >= 11 is 0. The minimum absolute atomic E-state index is 0.0540. The second kappa shape index (κ2) is 9.12. The molecule has 0 aromatic heterocycles. The van der Waals surface area contributed by atoms with Crippen LogP contribution in [0.2, 0.25) is 0 Å². The summed E-state index contributed by atoms with van der Waals surface area (Å²) in [6.07, 6.45) is 0. The summed E-state index contributed by atoms with van der Waals surface area (Å²) in [5.74, 6) is -2.26. The van der Waals surface area contributed by atoms with Crippen LogP contribution in [0.25, 0.3) is 5.76 Å². The standard InChI is InChI=1S/C28H23N3O5/c1-28(2,3)20-11-9-18(10-12-20)24-23(25(32)19-5-4-6-22(15-19)31(35)36)26(33)27(34)30(24)21-13-7-17(16-29)8-14-21/h4-15,24,32H,1-3H3/b25-23-. The SMILES string of the molecule is CC(C)(C)c1ccc(C2/C(=C(/O)c3cccc([N+](=O)[O-])c3)C(=O)C(=O)N2c2ccc(C#N)cc2)cc1. The number of Topliss-reactive ketones (excluding diaryl/α,β-unsaturated/α-hetero) is 1. The maximum absolute atomic E-state index is 13.3. The third-order valence-corrected chi connectivity index (χ3v) is 6.14. The molecular formula is C28H23N3O5. The van der Waals surface area contributed by atoms with E-state index in [2.05, 4.69) is 20.8 Å². The van der Waals surface area contributed by atoms with Crippen molar-refractivity contribution >= 4 is 28.8 Å². The molecule has 0 bridgehead atoms. The fraction of sp³-hybridized carbons (Fsp3) is 0.179. The van der Waals surface area contributed by atoms with Gasteiger partial charge in [0, 0.05) is 23.4 Å². The lowest BCUT2D eigenvalue weighted by molar-refractivity contribution is -0.384. The van der Waals surface area contributed by atoms with Crippen molar-refractivity contribution in [2.24, 2.45) is 0 Å². The highest BCUT2D eigenvalue weighted by atomic mass is 16.6. The number of nitriles is 1. The summed E-state index contributed by atoms with van der Waals surface area (Å²) in [5, 5.41) is 31.6. The molecule has 1 unspecified atom stereocenters. The molecule has 0 aliphatic carbocycles. The lowest BCUT2D eigenvalue weighted by Gasteiger charge is -2.26. The first kappa shape index (κ1) is 24.4. The number of amides is 1. The van der Waals surface area contributed by atoms with Crippen LogP contribution in [-0.4, -0.2) is 21.7 Å². The van der Waals surface area contributed by atoms with Gasteiger partial charge in [0.1, 0.15) is 5.76 Å². The first-order valence-corrected chi connectivity index (χ1v) is 11.2. The maximum atomic E-state index is 13.3. The summed E-state index contributed by atoms with van der Waals surface area (Å²) in [6.45, 7) is 6.19. The van der Waals surface area contributed by atoms with E-state index in [9.17, 15) is 24.8 Å². The minimum Gasteiger partial charge on any atom is -0.507 e. The van der Waals surface area contributed by atoms with Gasteiger partial charge < -0.3 is 5.11 Å². The lowest BCUT2D eigenvalue weighted by atomic mass is 9.85. The van der Waals surface area contributed by atoms with E-state index in [0.29, 0.717) is 16.8 Å². The number of rotatable bonds is 4. The molecule has 4 rings (SSSR count). The molecule has 1 fully saturated rings. The predicted molar refractivity (Wildman–Crippen MR) is 134 cm³/mol. The number of carbonyl (C=O) groups excluding carboxylic acids is 2. The van der Waals surface area contributed by atoms with Crippen LogP contribution in [0.1, 0.15) is 49.1 Å². The number of aliphatic hydroxyl groups excluding tert-OH is 1. The Morgan fingerprint density at radius 3 is 2.22 bits per heavy atom. The summed E-state index contributed by atoms with van der Waals surface area (Å²) < 4.78 is 0. The largest absolute Gasteiger partial charge is 0.507 e. The molecule has 3 aromatic rings. The first-order valence-electron chi connectivity index (χ1n) is 11.2. The number of nitrogens with zero attached hydrogens (tertiary/aromatic N) is 3. The first-order chi connectivity index (χ1) is 17.0. The molecule has 1 aliphatic heterocycles. The summed E-state index contributed by atoms with van der Waals surface area (Å²) in [7, 11) is 0. The van der Waals surface area contributed by atoms with Crippen LogP contribution >= 0.6 is 0 Å². The Morgan fingerprint density at radius 1 is 1.03 bits per heavy atom. The number of benzene rings is 3. The van der Waals surface area contributed by atoms with Gasteiger partial charge in [0.05, 0.1) is 28.2 Å². The lowest BCUT2D eigenvalue weighted by Crippen LogP contribution is -2.29. The zero-order chi connectivity index (χ0) is 26.2. The minimum atomic E-state index is -0.980. The number of ketones is 1. The molecule has 1 atom stereocenters. The van der Waals surface area contributed by atoms with E-state index < -0.39 is 28.4 Å². The van der Waals surface area contributed by atoms with Crippen molar-refractivity contribution in [2.45, 2.75) is 32.2 Å². The van der Waals surface area contributed by atoms with Gasteiger partial charge in [0.25, 0.3) is 17.4 Å². The molecule has 0 saturated carbocycles. The normalized spacial score (nSPS) is 17.2. The number of carbonyl (C=O) groups is 2. The van der Waals surface area contributed by atoms with E-state index in [4.69, 9.17) is 5.26 Å². The number of aliphatic hydroxyl groups is 1. The average Bonchev–Trinajstić information content (AvgIpc) is 3.13. The van der Waals surface area contributed by atoms with Gasteiger partial charge in [-0.1, -0.05) is 57.2 Å². The van der Waals surface area contributed by atoms with Crippen molar-refractivity contribution < 1.29 is 19.6 Å². The predicted octanol–water partition coefficient (Wildman–Crippen LogP) is 5.39. The van der Waals surface area contributed by atoms with Gasteiger partial charge in [0.2, 0.25) is 0 Å². The smallest absolute Gasteiger partial charge is 0.300 e. The summed E-state index contributed by atoms with van der Waals surface area (Å²) in [6, 6.07) is 19.9. The highest BCUT2D eigenvalue weighted by molar-refractivity contribution is 6.51. The number of hydrogen-bond donors (Lipinski definition) is 1. The monoisotopic (exact) mass is 481 g/mol. The van der Waals surface area contributed by atoms with Gasteiger partial charge in [0.15, 0.2) is 0 Å². The third kappa shape index (κ3) is 4.34. The van der Waals surface area contributed by atoms with Crippen molar-refractivity contribution in [1.29, 1.82) is 5.26 Å². The Hall–Kier alpha value is -4.77. The van der Waals surface area contributed by atoms with E-state index in [0.717, 1.165) is 11.6 Å². The molecule has 1 heterocycles. The van der Waals surface area contributed by atoms with Crippen molar-refractivity contribution in [3.8, 4) is 6.07 Å². The maximum Gasteiger partial charge on any atom is 0.300 e. The van der Waals surface area contributed by atoms with E-state index >= 15 is 0 Å². The number of nitro groups is 1. The molecule has 1 amide bonds. The molecule has 1 aliphatic rings. The van der Waals surface area contributed by atoms with Crippen molar-refractivity contribution in [3.63, 3.8) is 0 Å². The van der Waals surface area contributed by atoms with E-state index in [1.54, 1.807) is 24.3 Å². The van der Waals surface area contributed by atoms with Crippen LogP contribution in [0.5, 0.6) is 0 Å². The molecule has 8 heteroatoms. The Kier molecular flexibility index (Phi) is 6.17. The Balaban J connectivity index is 1.93. The zero-order valence-electron chi connectivity index (χ0n) is 19.9. The summed E-state index contributed by atoms with van der Waals surface area (Å²) in [5.41, 5.74) is 1.88. The fourth-order valence-corrected chi connectivity index (χ4v) is 4.20. The fourth-order valence-electron chi connectivity index (χ4n) is 4.20. The molecule has 1 N–H and O–H groups in total. The van der Waals surface area contributed by atoms with Gasteiger partial charge in [-0.05, 0) is 40.8 Å². The van der Waals surface area contributed by atoms with Crippen molar-refractivity contribution in [1.82, 2.24) is 0 Å². The van der Waals surface area contributed by atoms with Crippen LogP contribution in [0.15, 0.2) is 78.4 Å². The van der Waals surface area contributed by atoms with Crippen LogP contribution < -0.4 is 4.90 Å². The molecule has 180 valence electrons. The van der Waals surface area contributed by atoms with E-state index in [1.165, 1.54) is 35.2 Å². The van der Waals surface area contributed by atoms with Crippen LogP contribution in [-0.2, 0) is 15.0 Å². The van der Waals surface area contributed by atoms with Crippen LogP contribution in [0, 0.1) is 21.4 Å². The molecule has 8 nitrogen and oxygen atoms in total. The molecule has 0 radical (unpaired) electrons. The number of nitro benzene ring substituents is 1. The zero-order valence-corrected chi connectivity index (χ0v) is 19.9. The van der Waals surface area contributed by atoms with Crippen LogP contribution in [0.4, 0.5) is 11.4 Å². The molecular weight excluding hydrogens is 458 g/mol. The summed E-state index contributed by atoms with van der Waals surface area (Å²) in [4.78, 5) is 38.4. The van der Waals surface area contributed by atoms with Crippen molar-refractivity contribution in [2.75, 3.05) is 4.90 Å². The Morgan fingerprint density at radius 2 is 1.67 bits per heavy atom. The van der Waals surface area contributed by atoms with Crippen molar-refractivity contribution in [3.05, 3.63) is 111 Å². The number of hydrogen-bond acceptors (Lipinski definition) is 6. The molecule has 36 heavy (non-hydrogen) atoms. The molecule has 1 saturated heterocycles. The molecule has 0 spiro atoms. The van der Waals surface area contributed by atoms with Gasteiger partial charge in [-0.3, -0.25) is 24.6 Å². The average molecular weight is 482 g/mol. The second-order valence-electron chi connectivity index (χ2n) is 9.51. The van der Waals surface area contributed by atoms with E-state index in [-0.39, 0.29) is 22.2 Å². The second-order valence-corrected chi connectivity index (χ2v) is 9.51. The van der Waals surface area contributed by atoms with Gasteiger partial charge in [-0.2, -0.15) is 5.26 Å². The van der Waals surface area contributed by atoms with Gasteiger partial charge >= 0.3 is 0 Å². The molecule has 3 aromatic carbocycles.